The third-order valence-corrected chi connectivity index (χ3v) is 3.46. The molecular formula is C12H13NO4S2. The minimum atomic E-state index is -0.855. The summed E-state index contributed by atoms with van der Waals surface area (Å²) in [7, 11) is 3.05. The lowest BCUT2D eigenvalue weighted by Crippen LogP contribution is -2.24. The number of thiophene rings is 2. The van der Waals surface area contributed by atoms with E-state index in [4.69, 9.17) is 9.94 Å². The van der Waals surface area contributed by atoms with Gasteiger partial charge < -0.3 is 5.11 Å². The van der Waals surface area contributed by atoms with Crippen LogP contribution in [-0.4, -0.2) is 36.2 Å². The number of rotatable bonds is 3. The normalized spacial score (nSPS) is 9.37. The molecule has 0 aliphatic rings. The monoisotopic (exact) mass is 299 g/mol. The molecule has 0 aliphatic carbocycles. The highest BCUT2D eigenvalue weighted by atomic mass is 32.1. The van der Waals surface area contributed by atoms with Crippen molar-refractivity contribution in [3.63, 3.8) is 0 Å². The SMILES string of the molecule is CON(C)C(=O)c1ccsc1.O=C(O)c1ccsc1. The zero-order chi connectivity index (χ0) is 14.3. The van der Waals surface area contributed by atoms with E-state index in [9.17, 15) is 9.59 Å². The Hall–Kier alpha value is -1.70. The van der Waals surface area contributed by atoms with Crippen molar-refractivity contribution in [2.75, 3.05) is 14.2 Å². The summed E-state index contributed by atoms with van der Waals surface area (Å²) < 4.78 is 0. The molecule has 2 rings (SSSR count). The highest BCUT2D eigenvalue weighted by Gasteiger charge is 2.10. The van der Waals surface area contributed by atoms with Gasteiger partial charge in [-0.2, -0.15) is 22.7 Å². The molecule has 2 aromatic rings. The fourth-order valence-electron chi connectivity index (χ4n) is 1.04. The van der Waals surface area contributed by atoms with Crippen LogP contribution in [0, 0.1) is 0 Å². The van der Waals surface area contributed by atoms with Crippen molar-refractivity contribution in [3.05, 3.63) is 44.8 Å². The molecule has 19 heavy (non-hydrogen) atoms. The van der Waals surface area contributed by atoms with Crippen LogP contribution in [0.3, 0.4) is 0 Å². The van der Waals surface area contributed by atoms with Crippen molar-refractivity contribution >= 4 is 34.6 Å². The largest absolute Gasteiger partial charge is 0.478 e. The lowest BCUT2D eigenvalue weighted by molar-refractivity contribution is -0.0756. The summed E-state index contributed by atoms with van der Waals surface area (Å²) in [5.74, 6) is -0.972. The van der Waals surface area contributed by atoms with Gasteiger partial charge in [0.05, 0.1) is 18.2 Å². The van der Waals surface area contributed by atoms with Crippen LogP contribution in [-0.2, 0) is 4.84 Å². The Morgan fingerprint density at radius 3 is 2.00 bits per heavy atom. The Morgan fingerprint density at radius 1 is 1.16 bits per heavy atom. The van der Waals surface area contributed by atoms with Crippen LogP contribution in [0.4, 0.5) is 0 Å². The second kappa shape index (κ2) is 7.67. The van der Waals surface area contributed by atoms with E-state index in [0.717, 1.165) is 0 Å². The standard InChI is InChI=1S/C7H9NO2S.C5H4O2S/c1-8(10-2)7(9)6-3-4-11-5-6;6-5(7)4-1-2-8-3-4/h3-5H,1-2H3;1-3H,(H,6,7). The maximum absolute atomic E-state index is 11.2. The number of carboxylic acids is 1. The van der Waals surface area contributed by atoms with Crippen LogP contribution in [0.15, 0.2) is 33.7 Å². The molecule has 2 aromatic heterocycles. The number of amides is 1. The molecule has 0 radical (unpaired) electrons. The zero-order valence-electron chi connectivity index (χ0n) is 10.4. The molecular weight excluding hydrogens is 286 g/mol. The maximum atomic E-state index is 11.2. The van der Waals surface area contributed by atoms with Crippen molar-refractivity contribution in [3.8, 4) is 0 Å². The Balaban J connectivity index is 0.000000200. The molecule has 0 unspecified atom stereocenters. The van der Waals surface area contributed by atoms with Gasteiger partial charge in [0.1, 0.15) is 0 Å². The summed E-state index contributed by atoms with van der Waals surface area (Å²) in [6.45, 7) is 0. The fraction of sp³-hybridized carbons (Fsp3) is 0.167. The summed E-state index contributed by atoms with van der Waals surface area (Å²) in [5, 5.41) is 16.5. The number of nitrogens with zero attached hydrogens (tertiary/aromatic N) is 1. The van der Waals surface area contributed by atoms with Crippen LogP contribution in [0.1, 0.15) is 20.7 Å². The number of hydrogen-bond donors (Lipinski definition) is 1. The molecule has 0 bridgehead atoms. The first-order valence-corrected chi connectivity index (χ1v) is 7.04. The number of aromatic carboxylic acids is 1. The first-order valence-electron chi connectivity index (χ1n) is 5.16. The summed E-state index contributed by atoms with van der Waals surface area (Å²) >= 11 is 2.88. The first-order chi connectivity index (χ1) is 9.06. The van der Waals surface area contributed by atoms with Crippen LogP contribution >= 0.6 is 22.7 Å². The van der Waals surface area contributed by atoms with E-state index in [1.807, 2.05) is 5.38 Å². The number of hydrogen-bond acceptors (Lipinski definition) is 5. The van der Waals surface area contributed by atoms with Crippen molar-refractivity contribution in [1.29, 1.82) is 0 Å². The number of hydroxylamine groups is 2. The molecule has 0 atom stereocenters. The van der Waals surface area contributed by atoms with Crippen molar-refractivity contribution < 1.29 is 19.5 Å². The van der Waals surface area contributed by atoms with E-state index >= 15 is 0 Å². The molecule has 0 fully saturated rings. The number of carbonyl (C=O) groups is 2. The van der Waals surface area contributed by atoms with Crippen LogP contribution in [0.2, 0.25) is 0 Å². The topological polar surface area (TPSA) is 66.8 Å². The zero-order valence-corrected chi connectivity index (χ0v) is 12.0. The van der Waals surface area contributed by atoms with Crippen molar-refractivity contribution in [2.45, 2.75) is 0 Å². The number of carbonyl (C=O) groups excluding carboxylic acids is 1. The molecule has 0 spiro atoms. The van der Waals surface area contributed by atoms with Crippen LogP contribution in [0.25, 0.3) is 0 Å². The summed E-state index contributed by atoms with van der Waals surface area (Å²) in [6, 6.07) is 3.34. The third-order valence-electron chi connectivity index (χ3n) is 2.10. The highest BCUT2D eigenvalue weighted by Crippen LogP contribution is 2.08. The second-order valence-electron chi connectivity index (χ2n) is 3.31. The highest BCUT2D eigenvalue weighted by molar-refractivity contribution is 7.08. The third kappa shape index (κ3) is 4.82. The van der Waals surface area contributed by atoms with Crippen molar-refractivity contribution in [2.24, 2.45) is 0 Å². The summed E-state index contributed by atoms with van der Waals surface area (Å²) in [5.41, 5.74) is 1.04. The van der Waals surface area contributed by atoms with Gasteiger partial charge in [-0.15, -0.1) is 0 Å². The summed E-state index contributed by atoms with van der Waals surface area (Å²) in [6.07, 6.45) is 0. The van der Waals surface area contributed by atoms with Gasteiger partial charge >= 0.3 is 5.97 Å². The predicted octanol–water partition coefficient (Wildman–Crippen LogP) is 2.83. The molecule has 7 heteroatoms. The van der Waals surface area contributed by atoms with Gasteiger partial charge in [-0.1, -0.05) is 0 Å². The average Bonchev–Trinajstić information content (AvgIpc) is 3.09. The van der Waals surface area contributed by atoms with Crippen LogP contribution in [0.5, 0.6) is 0 Å². The Morgan fingerprint density at radius 2 is 1.68 bits per heavy atom. The summed E-state index contributed by atoms with van der Waals surface area (Å²) in [4.78, 5) is 26.0. The second-order valence-corrected chi connectivity index (χ2v) is 4.87. The van der Waals surface area contributed by atoms with Gasteiger partial charge in [-0.25, -0.2) is 9.86 Å². The molecule has 0 aromatic carbocycles. The predicted molar refractivity (Wildman–Crippen MR) is 74.7 cm³/mol. The Labute approximate surface area is 118 Å². The fourth-order valence-corrected chi connectivity index (χ4v) is 2.30. The molecule has 102 valence electrons. The Kier molecular flexibility index (Phi) is 6.20. The minimum Gasteiger partial charge on any atom is -0.478 e. The lowest BCUT2D eigenvalue weighted by atomic mass is 10.3. The molecule has 1 amide bonds. The molecule has 2 heterocycles. The molecule has 5 nitrogen and oxygen atoms in total. The minimum absolute atomic E-state index is 0.117. The molecule has 0 saturated heterocycles. The number of carboxylic acid groups (broad SMARTS) is 1. The van der Waals surface area contributed by atoms with Gasteiger partial charge in [0, 0.05) is 17.8 Å². The van der Waals surface area contributed by atoms with E-state index in [1.165, 1.54) is 34.8 Å². The molecule has 1 N–H and O–H groups in total. The van der Waals surface area contributed by atoms with Crippen LogP contribution < -0.4 is 0 Å². The van der Waals surface area contributed by atoms with Gasteiger partial charge in [-0.3, -0.25) is 9.63 Å². The van der Waals surface area contributed by atoms with E-state index in [0.29, 0.717) is 11.1 Å². The first kappa shape index (κ1) is 15.4. The van der Waals surface area contributed by atoms with Gasteiger partial charge in [0.2, 0.25) is 0 Å². The van der Waals surface area contributed by atoms with E-state index in [1.54, 1.807) is 35.3 Å². The quantitative estimate of drug-likeness (QED) is 0.885. The van der Waals surface area contributed by atoms with E-state index in [2.05, 4.69) is 0 Å². The smallest absolute Gasteiger partial charge is 0.336 e. The van der Waals surface area contributed by atoms with E-state index in [-0.39, 0.29) is 5.91 Å². The maximum Gasteiger partial charge on any atom is 0.336 e. The van der Waals surface area contributed by atoms with E-state index < -0.39 is 5.97 Å². The molecule has 0 saturated carbocycles. The van der Waals surface area contributed by atoms with Gasteiger partial charge in [-0.05, 0) is 22.9 Å². The molecule has 0 aliphatic heterocycles. The lowest BCUT2D eigenvalue weighted by Gasteiger charge is -2.11. The van der Waals surface area contributed by atoms with Gasteiger partial charge in [0.15, 0.2) is 0 Å². The average molecular weight is 299 g/mol. The Bertz CT molecular complexity index is 508. The van der Waals surface area contributed by atoms with Crippen molar-refractivity contribution in [1.82, 2.24) is 5.06 Å². The van der Waals surface area contributed by atoms with Gasteiger partial charge in [0.25, 0.3) is 5.91 Å².